The summed E-state index contributed by atoms with van der Waals surface area (Å²) in [6.45, 7) is 7.54. The van der Waals surface area contributed by atoms with Gasteiger partial charge in [-0.05, 0) is 48.3 Å². The summed E-state index contributed by atoms with van der Waals surface area (Å²) >= 11 is 8.67. The van der Waals surface area contributed by atoms with E-state index in [1.54, 1.807) is 0 Å². The third kappa shape index (κ3) is 3.42. The Morgan fingerprint density at radius 2 is 2.12 bits per heavy atom. The lowest BCUT2D eigenvalue weighted by atomic mass is 10.1. The molecular weight excluding hydrogens is 296 g/mol. The van der Waals surface area contributed by atoms with E-state index in [2.05, 4.69) is 47.7 Å². The van der Waals surface area contributed by atoms with Crippen molar-refractivity contribution in [3.8, 4) is 0 Å². The number of benzene rings is 1. The van der Waals surface area contributed by atoms with E-state index >= 15 is 0 Å². The molecular formula is C13H19BrN2S. The fourth-order valence-corrected chi connectivity index (χ4v) is 2.81. The monoisotopic (exact) mass is 314 g/mol. The van der Waals surface area contributed by atoms with Gasteiger partial charge in [0.1, 0.15) is 4.99 Å². The molecule has 0 aliphatic carbocycles. The zero-order valence-corrected chi connectivity index (χ0v) is 12.9. The summed E-state index contributed by atoms with van der Waals surface area (Å²) in [5.41, 5.74) is 7.87. The minimum absolute atomic E-state index is 0.428. The van der Waals surface area contributed by atoms with Gasteiger partial charge in [0.15, 0.2) is 0 Å². The van der Waals surface area contributed by atoms with Crippen LogP contribution in [0.1, 0.15) is 32.8 Å². The van der Waals surface area contributed by atoms with Crippen molar-refractivity contribution >= 4 is 38.8 Å². The van der Waals surface area contributed by atoms with Gasteiger partial charge in [0, 0.05) is 28.3 Å². The SMILES string of the molecule is CCCN(c1cccc(Br)c1C(N)=S)C(C)C. The van der Waals surface area contributed by atoms with E-state index in [0.717, 1.165) is 28.7 Å². The summed E-state index contributed by atoms with van der Waals surface area (Å²) in [5.74, 6) is 0. The average Bonchev–Trinajstić information content (AvgIpc) is 2.24. The van der Waals surface area contributed by atoms with Crippen molar-refractivity contribution in [3.63, 3.8) is 0 Å². The number of hydrogen-bond donors (Lipinski definition) is 1. The normalized spacial score (nSPS) is 10.6. The smallest absolute Gasteiger partial charge is 0.107 e. The molecule has 1 aromatic carbocycles. The van der Waals surface area contributed by atoms with Crippen LogP contribution in [0.25, 0.3) is 0 Å². The molecule has 2 N–H and O–H groups in total. The Bertz CT molecular complexity index is 404. The maximum absolute atomic E-state index is 5.82. The van der Waals surface area contributed by atoms with Gasteiger partial charge >= 0.3 is 0 Å². The fraction of sp³-hybridized carbons (Fsp3) is 0.462. The molecule has 17 heavy (non-hydrogen) atoms. The van der Waals surface area contributed by atoms with Crippen LogP contribution in [0.2, 0.25) is 0 Å². The van der Waals surface area contributed by atoms with Gasteiger partial charge in [-0.3, -0.25) is 0 Å². The molecule has 1 aromatic rings. The summed E-state index contributed by atoms with van der Waals surface area (Å²) in [4.78, 5) is 2.77. The van der Waals surface area contributed by atoms with Gasteiger partial charge < -0.3 is 10.6 Å². The zero-order chi connectivity index (χ0) is 13.0. The number of nitrogens with two attached hydrogens (primary N) is 1. The van der Waals surface area contributed by atoms with E-state index < -0.39 is 0 Å². The van der Waals surface area contributed by atoms with Crippen molar-refractivity contribution in [2.45, 2.75) is 33.2 Å². The molecule has 0 radical (unpaired) electrons. The summed E-state index contributed by atoms with van der Waals surface area (Å²) in [7, 11) is 0. The number of halogens is 1. The Kier molecular flexibility index (Phi) is 5.40. The fourth-order valence-electron chi connectivity index (χ4n) is 1.89. The van der Waals surface area contributed by atoms with Gasteiger partial charge in [0.25, 0.3) is 0 Å². The van der Waals surface area contributed by atoms with E-state index in [-0.39, 0.29) is 0 Å². The number of hydrogen-bond acceptors (Lipinski definition) is 2. The first-order chi connectivity index (χ1) is 7.99. The Morgan fingerprint density at radius 3 is 2.59 bits per heavy atom. The van der Waals surface area contributed by atoms with Crippen molar-refractivity contribution in [3.05, 3.63) is 28.2 Å². The molecule has 0 heterocycles. The molecule has 0 unspecified atom stereocenters. The van der Waals surface area contributed by atoms with Crippen molar-refractivity contribution in [1.82, 2.24) is 0 Å². The highest BCUT2D eigenvalue weighted by molar-refractivity contribution is 9.10. The zero-order valence-electron chi connectivity index (χ0n) is 10.5. The van der Waals surface area contributed by atoms with Gasteiger partial charge in [-0.25, -0.2) is 0 Å². The van der Waals surface area contributed by atoms with Crippen molar-refractivity contribution < 1.29 is 0 Å². The summed E-state index contributed by atoms with van der Waals surface area (Å²) in [5, 5.41) is 0. The van der Waals surface area contributed by atoms with E-state index in [4.69, 9.17) is 18.0 Å². The highest BCUT2D eigenvalue weighted by atomic mass is 79.9. The second kappa shape index (κ2) is 6.36. The summed E-state index contributed by atoms with van der Waals surface area (Å²) in [6, 6.07) is 6.50. The van der Waals surface area contributed by atoms with Gasteiger partial charge in [0.2, 0.25) is 0 Å². The molecule has 0 amide bonds. The standard InChI is InChI=1S/C13H19BrN2S/c1-4-8-16(9(2)3)11-7-5-6-10(14)12(11)13(15)17/h5-7,9H,4,8H2,1-3H3,(H2,15,17). The first kappa shape index (κ1) is 14.5. The summed E-state index contributed by atoms with van der Waals surface area (Å²) < 4.78 is 0.962. The van der Waals surface area contributed by atoms with Crippen molar-refractivity contribution in [2.24, 2.45) is 5.73 Å². The summed E-state index contributed by atoms with van der Waals surface area (Å²) in [6.07, 6.45) is 1.10. The molecule has 94 valence electrons. The van der Waals surface area contributed by atoms with Gasteiger partial charge in [-0.2, -0.15) is 0 Å². The quantitative estimate of drug-likeness (QED) is 0.840. The van der Waals surface area contributed by atoms with Crippen LogP contribution in [0.5, 0.6) is 0 Å². The second-order valence-electron chi connectivity index (χ2n) is 4.29. The van der Waals surface area contributed by atoms with Gasteiger partial charge in [0.05, 0.1) is 0 Å². The van der Waals surface area contributed by atoms with E-state index in [9.17, 15) is 0 Å². The molecule has 0 atom stereocenters. The van der Waals surface area contributed by atoms with Crippen LogP contribution in [-0.2, 0) is 0 Å². The van der Waals surface area contributed by atoms with Crippen molar-refractivity contribution in [1.29, 1.82) is 0 Å². The first-order valence-corrected chi connectivity index (χ1v) is 7.04. The van der Waals surface area contributed by atoms with Crippen LogP contribution in [0.4, 0.5) is 5.69 Å². The highest BCUT2D eigenvalue weighted by Gasteiger charge is 2.17. The van der Waals surface area contributed by atoms with Gasteiger partial charge in [-0.1, -0.05) is 25.2 Å². The topological polar surface area (TPSA) is 29.3 Å². The Morgan fingerprint density at radius 1 is 1.47 bits per heavy atom. The predicted octanol–water partition coefficient (Wildman–Crippen LogP) is 3.71. The molecule has 0 spiro atoms. The third-order valence-electron chi connectivity index (χ3n) is 2.64. The average molecular weight is 315 g/mol. The van der Waals surface area contributed by atoms with E-state index in [0.29, 0.717) is 11.0 Å². The molecule has 0 saturated heterocycles. The van der Waals surface area contributed by atoms with Crippen LogP contribution >= 0.6 is 28.1 Å². The minimum atomic E-state index is 0.428. The molecule has 2 nitrogen and oxygen atoms in total. The van der Waals surface area contributed by atoms with Crippen LogP contribution in [0.15, 0.2) is 22.7 Å². The Balaban J connectivity index is 3.27. The maximum atomic E-state index is 5.82. The molecule has 0 aliphatic heterocycles. The van der Waals surface area contributed by atoms with E-state index in [1.807, 2.05) is 12.1 Å². The first-order valence-electron chi connectivity index (χ1n) is 5.84. The third-order valence-corrected chi connectivity index (χ3v) is 3.50. The van der Waals surface area contributed by atoms with Crippen LogP contribution in [-0.4, -0.2) is 17.6 Å². The lowest BCUT2D eigenvalue weighted by Gasteiger charge is -2.30. The Labute approximate surface area is 117 Å². The largest absolute Gasteiger partial charge is 0.389 e. The molecule has 1 rings (SSSR count). The molecule has 4 heteroatoms. The minimum Gasteiger partial charge on any atom is -0.389 e. The number of rotatable bonds is 5. The molecule has 0 bridgehead atoms. The van der Waals surface area contributed by atoms with Crippen molar-refractivity contribution in [2.75, 3.05) is 11.4 Å². The number of nitrogens with zero attached hydrogens (tertiary/aromatic N) is 1. The molecule has 0 saturated carbocycles. The Hall–Kier alpha value is -0.610. The van der Waals surface area contributed by atoms with Crippen LogP contribution in [0.3, 0.4) is 0 Å². The maximum Gasteiger partial charge on any atom is 0.107 e. The lowest BCUT2D eigenvalue weighted by molar-refractivity contribution is 0.670. The molecule has 0 aromatic heterocycles. The second-order valence-corrected chi connectivity index (χ2v) is 5.58. The number of thiocarbonyl (C=S) groups is 1. The van der Waals surface area contributed by atoms with E-state index in [1.165, 1.54) is 0 Å². The van der Waals surface area contributed by atoms with Gasteiger partial charge in [-0.15, -0.1) is 0 Å². The van der Waals surface area contributed by atoms with Crippen LogP contribution < -0.4 is 10.6 Å². The molecule has 0 fully saturated rings. The highest BCUT2D eigenvalue weighted by Crippen LogP contribution is 2.29. The molecule has 0 aliphatic rings. The number of anilines is 1. The lowest BCUT2D eigenvalue weighted by Crippen LogP contribution is -2.33. The predicted molar refractivity (Wildman–Crippen MR) is 82.8 cm³/mol. The van der Waals surface area contributed by atoms with Crippen LogP contribution in [0, 0.1) is 0 Å².